The molecule has 3 unspecified atom stereocenters. The molecule has 24 heavy (non-hydrogen) atoms. The molecule has 2 rings (SSSR count). The Hall–Kier alpha value is -1.06. The van der Waals surface area contributed by atoms with Gasteiger partial charge in [-0.1, -0.05) is 51.1 Å². The fraction of sp³-hybridized carbons (Fsp3) is 0.650. The van der Waals surface area contributed by atoms with Gasteiger partial charge in [0.1, 0.15) is 0 Å². The van der Waals surface area contributed by atoms with Crippen molar-refractivity contribution >= 4 is 18.3 Å². The molecule has 4 heteroatoms. The van der Waals surface area contributed by atoms with Crippen LogP contribution >= 0.6 is 12.4 Å². The predicted molar refractivity (Wildman–Crippen MR) is 104 cm³/mol. The minimum absolute atomic E-state index is 0. The summed E-state index contributed by atoms with van der Waals surface area (Å²) in [6.45, 7) is 10.9. The molecular weight excluding hydrogens is 320 g/mol. The molecule has 3 nitrogen and oxygen atoms in total. The highest BCUT2D eigenvalue weighted by Gasteiger charge is 2.30. The average Bonchev–Trinajstić information content (AvgIpc) is 2.56. The number of carbonyl (C=O) groups is 1. The largest absolute Gasteiger partial charge is 0.353 e. The zero-order chi connectivity index (χ0) is 16.9. The Morgan fingerprint density at radius 3 is 2.54 bits per heavy atom. The third-order valence-electron chi connectivity index (χ3n) is 5.62. The Kier molecular flexibility index (Phi) is 8.24. The van der Waals surface area contributed by atoms with Gasteiger partial charge in [-0.2, -0.15) is 0 Å². The molecule has 1 aliphatic rings. The van der Waals surface area contributed by atoms with Crippen LogP contribution in [-0.4, -0.2) is 25.0 Å². The molecule has 3 atom stereocenters. The first-order chi connectivity index (χ1) is 10.9. The van der Waals surface area contributed by atoms with Gasteiger partial charge in [0.05, 0.1) is 0 Å². The molecule has 0 radical (unpaired) electrons. The van der Waals surface area contributed by atoms with Crippen LogP contribution in [0.3, 0.4) is 0 Å². The number of carbonyl (C=O) groups excluding carboxylic acids is 1. The summed E-state index contributed by atoms with van der Waals surface area (Å²) < 4.78 is 0. The van der Waals surface area contributed by atoms with E-state index in [0.29, 0.717) is 18.3 Å². The van der Waals surface area contributed by atoms with Gasteiger partial charge < -0.3 is 10.6 Å². The van der Waals surface area contributed by atoms with E-state index in [0.717, 1.165) is 13.1 Å². The van der Waals surface area contributed by atoms with Gasteiger partial charge >= 0.3 is 0 Å². The standard InChI is InChI=1S/C20H32N2O.ClH/c1-15(17-9-8-12-21-14-17)13-19(23)22-16(2)20(3,4)18-10-6-5-7-11-18;/h5-7,10-11,15-17,21H,8-9,12-14H2,1-4H3,(H,22,23);1H. The van der Waals surface area contributed by atoms with Crippen LogP contribution in [0.5, 0.6) is 0 Å². The molecule has 1 amide bonds. The Bertz CT molecular complexity index is 498. The SMILES string of the molecule is CC(CC(=O)NC(C)C(C)(C)c1ccccc1)C1CCCNC1.Cl. The van der Waals surface area contributed by atoms with E-state index >= 15 is 0 Å². The molecule has 1 heterocycles. The zero-order valence-electron chi connectivity index (χ0n) is 15.5. The van der Waals surface area contributed by atoms with Crippen LogP contribution in [-0.2, 0) is 10.2 Å². The van der Waals surface area contributed by atoms with Crippen molar-refractivity contribution in [3.63, 3.8) is 0 Å². The third kappa shape index (κ3) is 5.49. The van der Waals surface area contributed by atoms with Crippen LogP contribution in [0.2, 0.25) is 0 Å². The van der Waals surface area contributed by atoms with E-state index in [9.17, 15) is 4.79 Å². The summed E-state index contributed by atoms with van der Waals surface area (Å²) in [5.74, 6) is 1.25. The molecule has 1 aliphatic heterocycles. The smallest absolute Gasteiger partial charge is 0.220 e. The zero-order valence-corrected chi connectivity index (χ0v) is 16.3. The van der Waals surface area contributed by atoms with Crippen molar-refractivity contribution in [2.24, 2.45) is 11.8 Å². The molecule has 0 aliphatic carbocycles. The van der Waals surface area contributed by atoms with Crippen molar-refractivity contribution in [1.82, 2.24) is 10.6 Å². The van der Waals surface area contributed by atoms with Crippen molar-refractivity contribution in [2.75, 3.05) is 13.1 Å². The molecule has 2 N–H and O–H groups in total. The number of hydrogen-bond acceptors (Lipinski definition) is 2. The number of hydrogen-bond donors (Lipinski definition) is 2. The molecule has 1 aromatic carbocycles. The van der Waals surface area contributed by atoms with Gasteiger partial charge in [0.15, 0.2) is 0 Å². The maximum absolute atomic E-state index is 12.5. The van der Waals surface area contributed by atoms with Gasteiger partial charge in [0.25, 0.3) is 0 Å². The van der Waals surface area contributed by atoms with E-state index in [2.05, 4.69) is 62.6 Å². The van der Waals surface area contributed by atoms with Crippen LogP contribution in [0, 0.1) is 11.8 Å². The number of benzene rings is 1. The maximum atomic E-state index is 12.5. The molecule has 0 spiro atoms. The van der Waals surface area contributed by atoms with Crippen molar-refractivity contribution in [3.05, 3.63) is 35.9 Å². The summed E-state index contributed by atoms with van der Waals surface area (Å²) in [6.07, 6.45) is 3.10. The van der Waals surface area contributed by atoms with Gasteiger partial charge in [0.2, 0.25) is 5.91 Å². The topological polar surface area (TPSA) is 41.1 Å². The third-order valence-corrected chi connectivity index (χ3v) is 5.62. The molecule has 0 saturated carbocycles. The summed E-state index contributed by atoms with van der Waals surface area (Å²) in [5.41, 5.74) is 1.18. The highest BCUT2D eigenvalue weighted by molar-refractivity contribution is 5.85. The minimum Gasteiger partial charge on any atom is -0.353 e. The number of nitrogens with one attached hydrogen (secondary N) is 2. The van der Waals surface area contributed by atoms with Crippen molar-refractivity contribution in [1.29, 1.82) is 0 Å². The molecular formula is C20H33ClN2O. The minimum atomic E-state index is -0.0768. The highest BCUT2D eigenvalue weighted by Crippen LogP contribution is 2.27. The van der Waals surface area contributed by atoms with Crippen LogP contribution in [0.15, 0.2) is 30.3 Å². The van der Waals surface area contributed by atoms with E-state index < -0.39 is 0 Å². The summed E-state index contributed by atoms with van der Waals surface area (Å²) in [6, 6.07) is 10.5. The van der Waals surface area contributed by atoms with Crippen LogP contribution < -0.4 is 10.6 Å². The Morgan fingerprint density at radius 1 is 1.29 bits per heavy atom. The lowest BCUT2D eigenvalue weighted by atomic mass is 9.78. The fourth-order valence-electron chi connectivity index (χ4n) is 3.42. The molecule has 1 fully saturated rings. The van der Waals surface area contributed by atoms with E-state index in [4.69, 9.17) is 0 Å². The molecule has 0 bridgehead atoms. The van der Waals surface area contributed by atoms with E-state index in [1.165, 1.54) is 18.4 Å². The molecule has 1 aromatic rings. The van der Waals surface area contributed by atoms with Crippen molar-refractivity contribution < 1.29 is 4.79 Å². The predicted octanol–water partition coefficient (Wildman–Crippen LogP) is 3.92. The van der Waals surface area contributed by atoms with E-state index in [-0.39, 0.29) is 29.8 Å². The normalized spacial score (nSPS) is 20.6. The van der Waals surface area contributed by atoms with Gasteiger partial charge in [0, 0.05) is 17.9 Å². The second-order valence-corrected chi connectivity index (χ2v) is 7.66. The van der Waals surface area contributed by atoms with Crippen LogP contribution in [0.25, 0.3) is 0 Å². The number of piperidine rings is 1. The Morgan fingerprint density at radius 2 is 1.96 bits per heavy atom. The van der Waals surface area contributed by atoms with Crippen LogP contribution in [0.1, 0.15) is 52.5 Å². The highest BCUT2D eigenvalue weighted by atomic mass is 35.5. The Labute approximate surface area is 153 Å². The second kappa shape index (κ2) is 9.43. The van der Waals surface area contributed by atoms with E-state index in [1.807, 2.05) is 6.07 Å². The molecule has 136 valence electrons. The lowest BCUT2D eigenvalue weighted by Gasteiger charge is -2.34. The lowest BCUT2D eigenvalue weighted by molar-refractivity contribution is -0.123. The summed E-state index contributed by atoms with van der Waals surface area (Å²) in [4.78, 5) is 12.5. The summed E-state index contributed by atoms with van der Waals surface area (Å²) >= 11 is 0. The second-order valence-electron chi connectivity index (χ2n) is 7.66. The number of rotatable bonds is 6. The first-order valence-corrected chi connectivity index (χ1v) is 8.97. The number of halogens is 1. The summed E-state index contributed by atoms with van der Waals surface area (Å²) in [7, 11) is 0. The van der Waals surface area contributed by atoms with Gasteiger partial charge in [-0.15, -0.1) is 12.4 Å². The molecule has 0 aromatic heterocycles. The van der Waals surface area contributed by atoms with E-state index in [1.54, 1.807) is 0 Å². The van der Waals surface area contributed by atoms with Crippen molar-refractivity contribution in [2.45, 2.75) is 58.4 Å². The quantitative estimate of drug-likeness (QED) is 0.814. The van der Waals surface area contributed by atoms with Gasteiger partial charge in [-0.3, -0.25) is 4.79 Å². The van der Waals surface area contributed by atoms with Crippen LogP contribution in [0.4, 0.5) is 0 Å². The molecule has 1 saturated heterocycles. The first-order valence-electron chi connectivity index (χ1n) is 8.97. The lowest BCUT2D eigenvalue weighted by Crippen LogP contribution is -2.46. The van der Waals surface area contributed by atoms with Crippen molar-refractivity contribution in [3.8, 4) is 0 Å². The Balaban J connectivity index is 0.00000288. The summed E-state index contributed by atoms with van der Waals surface area (Å²) in [5, 5.41) is 6.67. The monoisotopic (exact) mass is 352 g/mol. The average molecular weight is 353 g/mol. The number of amides is 1. The van der Waals surface area contributed by atoms with Gasteiger partial charge in [-0.05, 0) is 50.3 Å². The first kappa shape index (κ1) is 21.0. The fourth-order valence-corrected chi connectivity index (χ4v) is 3.42. The maximum Gasteiger partial charge on any atom is 0.220 e. The van der Waals surface area contributed by atoms with Gasteiger partial charge in [-0.25, -0.2) is 0 Å².